The minimum atomic E-state index is -1.54. The van der Waals surface area contributed by atoms with E-state index in [1.165, 1.54) is 6.08 Å². The fraction of sp³-hybridized carbons (Fsp3) is 0.185. The Balaban J connectivity index is 0.00000385. The molecule has 3 unspecified atom stereocenters. The molecule has 0 saturated carbocycles. The molecule has 3 atom stereocenters. The van der Waals surface area contributed by atoms with E-state index in [0.717, 1.165) is 5.56 Å². The number of hydrogen-bond donors (Lipinski definition) is 3. The lowest BCUT2D eigenvalue weighted by atomic mass is 9.78. The summed E-state index contributed by atoms with van der Waals surface area (Å²) in [6, 6.07) is 24.8. The Morgan fingerprint density at radius 3 is 2.00 bits per heavy atom. The predicted octanol–water partition coefficient (Wildman–Crippen LogP) is 4.11. The van der Waals surface area contributed by atoms with Crippen molar-refractivity contribution < 1.29 is 14.7 Å². The first-order valence-corrected chi connectivity index (χ1v) is 10.6. The molecule has 0 radical (unpaired) electrons. The second-order valence-corrected chi connectivity index (χ2v) is 7.63. The molecule has 0 spiro atoms. The number of nitrogens with one attached hydrogen (secondary N) is 1. The Morgan fingerprint density at radius 2 is 1.45 bits per heavy atom. The van der Waals surface area contributed by atoms with E-state index in [1.807, 2.05) is 42.5 Å². The normalized spacial score (nSPS) is 14.5. The van der Waals surface area contributed by atoms with Gasteiger partial charge in [-0.15, -0.1) is 12.4 Å². The monoisotopic (exact) mass is 464 g/mol. The summed E-state index contributed by atoms with van der Waals surface area (Å²) in [5.41, 5.74) is 6.72. The maximum atomic E-state index is 13.1. The fourth-order valence-electron chi connectivity index (χ4n) is 3.72. The van der Waals surface area contributed by atoms with Gasteiger partial charge in [0.05, 0.1) is 12.1 Å². The van der Waals surface area contributed by atoms with Crippen molar-refractivity contribution in [1.82, 2.24) is 5.32 Å². The van der Waals surface area contributed by atoms with Crippen molar-refractivity contribution in [2.75, 3.05) is 0 Å². The number of ketones is 1. The van der Waals surface area contributed by atoms with Crippen LogP contribution in [0, 0.1) is 0 Å². The molecule has 0 bridgehead atoms. The average molecular weight is 465 g/mol. The molecule has 6 heteroatoms. The molecular weight excluding hydrogens is 436 g/mol. The van der Waals surface area contributed by atoms with Crippen molar-refractivity contribution in [3.8, 4) is 0 Å². The second kappa shape index (κ2) is 12.1. The van der Waals surface area contributed by atoms with Gasteiger partial charge in [-0.25, -0.2) is 0 Å². The molecule has 0 fully saturated rings. The zero-order chi connectivity index (χ0) is 23.0. The van der Waals surface area contributed by atoms with E-state index < -0.39 is 23.6 Å². The number of aliphatic hydroxyl groups is 1. The number of rotatable bonds is 9. The van der Waals surface area contributed by atoms with Crippen molar-refractivity contribution in [2.24, 2.45) is 5.73 Å². The quantitative estimate of drug-likeness (QED) is 0.328. The third-order valence-corrected chi connectivity index (χ3v) is 5.57. The molecule has 0 saturated heterocycles. The molecule has 0 aliphatic heterocycles. The molecule has 5 nitrogen and oxygen atoms in total. The van der Waals surface area contributed by atoms with E-state index in [4.69, 9.17) is 5.73 Å². The molecule has 0 aliphatic rings. The number of nitrogens with two attached hydrogens (primary N) is 1. The first-order chi connectivity index (χ1) is 15.5. The van der Waals surface area contributed by atoms with Crippen LogP contribution in [0.1, 0.15) is 34.8 Å². The summed E-state index contributed by atoms with van der Waals surface area (Å²) >= 11 is 0. The van der Waals surface area contributed by atoms with E-state index in [-0.39, 0.29) is 24.6 Å². The molecule has 3 aromatic carbocycles. The van der Waals surface area contributed by atoms with Gasteiger partial charge in [-0.2, -0.15) is 0 Å². The fourth-order valence-corrected chi connectivity index (χ4v) is 3.72. The number of halogens is 1. The summed E-state index contributed by atoms with van der Waals surface area (Å²) < 4.78 is 0. The largest absolute Gasteiger partial charge is 0.383 e. The third-order valence-electron chi connectivity index (χ3n) is 5.57. The van der Waals surface area contributed by atoms with Crippen LogP contribution in [0.2, 0.25) is 0 Å². The molecule has 0 aromatic heterocycles. The summed E-state index contributed by atoms with van der Waals surface area (Å²) in [6.07, 6.45) is 3.30. The Kier molecular flexibility index (Phi) is 9.55. The highest BCUT2D eigenvalue weighted by Crippen LogP contribution is 2.31. The van der Waals surface area contributed by atoms with Gasteiger partial charge in [0.25, 0.3) is 0 Å². The maximum Gasteiger partial charge on any atom is 0.244 e. The zero-order valence-electron chi connectivity index (χ0n) is 18.4. The highest BCUT2D eigenvalue weighted by molar-refractivity contribution is 6.01. The summed E-state index contributed by atoms with van der Waals surface area (Å²) in [7, 11) is 0. The van der Waals surface area contributed by atoms with E-state index in [2.05, 4.69) is 5.32 Å². The van der Waals surface area contributed by atoms with Gasteiger partial charge in [-0.1, -0.05) is 97.9 Å². The van der Waals surface area contributed by atoms with Gasteiger partial charge in [0.15, 0.2) is 5.78 Å². The van der Waals surface area contributed by atoms with Crippen molar-refractivity contribution >= 4 is 30.2 Å². The third kappa shape index (κ3) is 6.39. The van der Waals surface area contributed by atoms with Crippen LogP contribution in [0.25, 0.3) is 6.08 Å². The maximum absolute atomic E-state index is 13.1. The van der Waals surface area contributed by atoms with Crippen LogP contribution in [-0.4, -0.2) is 28.9 Å². The first-order valence-electron chi connectivity index (χ1n) is 10.6. The van der Waals surface area contributed by atoms with Crippen molar-refractivity contribution in [3.05, 3.63) is 114 Å². The van der Waals surface area contributed by atoms with E-state index in [0.29, 0.717) is 11.1 Å². The number of amides is 1. The van der Waals surface area contributed by atoms with Crippen LogP contribution in [-0.2, 0) is 10.4 Å². The Labute approximate surface area is 200 Å². The van der Waals surface area contributed by atoms with Gasteiger partial charge in [0.1, 0.15) is 5.60 Å². The van der Waals surface area contributed by atoms with Crippen molar-refractivity contribution in [1.29, 1.82) is 0 Å². The van der Waals surface area contributed by atoms with Crippen LogP contribution in [0.15, 0.2) is 97.1 Å². The number of hydrogen-bond acceptors (Lipinski definition) is 4. The Morgan fingerprint density at radius 1 is 0.939 bits per heavy atom. The average Bonchev–Trinajstić information content (AvgIpc) is 2.86. The lowest BCUT2D eigenvalue weighted by Crippen LogP contribution is -2.61. The Bertz CT molecular complexity index is 1060. The summed E-state index contributed by atoms with van der Waals surface area (Å²) in [6.45, 7) is 1.80. The highest BCUT2D eigenvalue weighted by atomic mass is 35.5. The minimum absolute atomic E-state index is 0. The van der Waals surface area contributed by atoms with E-state index >= 15 is 0 Å². The molecule has 3 aromatic rings. The van der Waals surface area contributed by atoms with E-state index in [9.17, 15) is 14.7 Å². The van der Waals surface area contributed by atoms with Crippen LogP contribution in [0.5, 0.6) is 0 Å². The Hall–Kier alpha value is -3.25. The van der Waals surface area contributed by atoms with Gasteiger partial charge < -0.3 is 16.2 Å². The standard InChI is InChI=1S/C27H28N2O3.ClH/c1-2-27(32,22-16-10-5-11-17-22)26(24(28)25(31)21-14-8-4-9-15-21)29-23(30)19-18-20-12-6-3-7-13-20;/h3-19,24,26,32H,2,28H2,1H3,(H,29,30);1H. The van der Waals surface area contributed by atoms with Gasteiger partial charge in [-0.05, 0) is 23.6 Å². The topological polar surface area (TPSA) is 92.4 Å². The molecule has 0 aliphatic carbocycles. The van der Waals surface area contributed by atoms with Gasteiger partial charge >= 0.3 is 0 Å². The summed E-state index contributed by atoms with van der Waals surface area (Å²) in [5, 5.41) is 14.5. The van der Waals surface area contributed by atoms with Crippen molar-refractivity contribution in [3.63, 3.8) is 0 Å². The number of carbonyl (C=O) groups is 2. The minimum Gasteiger partial charge on any atom is -0.383 e. The second-order valence-electron chi connectivity index (χ2n) is 7.63. The molecule has 172 valence electrons. The van der Waals surface area contributed by atoms with Crippen LogP contribution < -0.4 is 11.1 Å². The molecule has 4 N–H and O–H groups in total. The van der Waals surface area contributed by atoms with Crippen LogP contribution >= 0.6 is 12.4 Å². The van der Waals surface area contributed by atoms with E-state index in [1.54, 1.807) is 61.5 Å². The SMILES string of the molecule is CCC(O)(c1ccccc1)C(NC(=O)C=Cc1ccccc1)C(N)C(=O)c1ccccc1.Cl. The first kappa shape index (κ1) is 26.0. The zero-order valence-corrected chi connectivity index (χ0v) is 19.2. The number of carbonyl (C=O) groups excluding carboxylic acids is 2. The van der Waals surface area contributed by atoms with Gasteiger partial charge in [0, 0.05) is 11.6 Å². The lowest BCUT2D eigenvalue weighted by molar-refractivity contribution is -0.120. The van der Waals surface area contributed by atoms with Crippen LogP contribution in [0.3, 0.4) is 0 Å². The van der Waals surface area contributed by atoms with Crippen LogP contribution in [0.4, 0.5) is 0 Å². The molecular formula is C27H29ClN2O3. The predicted molar refractivity (Wildman–Crippen MR) is 134 cm³/mol. The number of benzene rings is 3. The highest BCUT2D eigenvalue weighted by Gasteiger charge is 2.43. The smallest absolute Gasteiger partial charge is 0.244 e. The molecule has 1 amide bonds. The molecule has 3 rings (SSSR count). The summed E-state index contributed by atoms with van der Waals surface area (Å²) in [5.74, 6) is -0.802. The molecule has 0 heterocycles. The lowest BCUT2D eigenvalue weighted by Gasteiger charge is -2.39. The van der Waals surface area contributed by atoms with Crippen molar-refractivity contribution in [2.45, 2.75) is 31.0 Å². The van der Waals surface area contributed by atoms with Gasteiger partial charge in [-0.3, -0.25) is 9.59 Å². The number of Topliss-reactive ketones (excluding diaryl/α,β-unsaturated/α-hetero) is 1. The summed E-state index contributed by atoms with van der Waals surface area (Å²) in [4.78, 5) is 25.9. The molecule has 33 heavy (non-hydrogen) atoms. The van der Waals surface area contributed by atoms with Gasteiger partial charge in [0.2, 0.25) is 5.91 Å².